The van der Waals surface area contributed by atoms with Gasteiger partial charge in [-0.25, -0.2) is 0 Å². The summed E-state index contributed by atoms with van der Waals surface area (Å²) in [6.07, 6.45) is -0.622. The molecule has 0 bridgehead atoms. The smallest absolute Gasteiger partial charge is 0.311 e. The molecule has 23 heavy (non-hydrogen) atoms. The van der Waals surface area contributed by atoms with Gasteiger partial charge in [-0.05, 0) is 24.1 Å². The second kappa shape index (κ2) is 7.71. The average Bonchev–Trinajstić information content (AvgIpc) is 2.54. The minimum Gasteiger partial charge on any atom is -0.490 e. The molecule has 0 fully saturated rings. The van der Waals surface area contributed by atoms with E-state index in [1.54, 1.807) is 12.1 Å². The van der Waals surface area contributed by atoms with Gasteiger partial charge in [-0.15, -0.1) is 0 Å². The molecule has 0 aromatic heterocycles. The number of methoxy groups -OCH3 is 1. The quantitative estimate of drug-likeness (QED) is 0.606. The molecule has 1 unspecified atom stereocenters. The molecule has 6 nitrogen and oxygen atoms in total. The number of hydrogen-bond donors (Lipinski definition) is 2. The van der Waals surface area contributed by atoms with Crippen LogP contribution in [0.2, 0.25) is 0 Å². The lowest BCUT2D eigenvalue weighted by Crippen LogP contribution is -2.21. The maximum Gasteiger partial charge on any atom is 0.311 e. The minimum atomic E-state index is -0.622. The Kier molecular flexibility index (Phi) is 5.67. The number of rotatable bonds is 7. The molecule has 0 aliphatic heterocycles. The zero-order valence-electron chi connectivity index (χ0n) is 13.2. The number of ether oxygens (including phenoxy) is 1. The van der Waals surface area contributed by atoms with Crippen LogP contribution >= 0.6 is 0 Å². The first kappa shape index (κ1) is 16.9. The average molecular weight is 316 g/mol. The highest BCUT2D eigenvalue weighted by Crippen LogP contribution is 2.27. The van der Waals surface area contributed by atoms with Crippen molar-refractivity contribution in [1.82, 2.24) is 5.32 Å². The SMILES string of the molecule is COc1ccc(CNCC(O)c2cccc(C)c2)cc1[N+](=O)[O-]. The van der Waals surface area contributed by atoms with Crippen molar-refractivity contribution in [3.05, 3.63) is 69.3 Å². The molecule has 2 aromatic rings. The third kappa shape index (κ3) is 4.51. The fourth-order valence-electron chi connectivity index (χ4n) is 2.34. The molecule has 0 spiro atoms. The first-order valence-corrected chi connectivity index (χ1v) is 7.28. The Bertz CT molecular complexity index is 688. The molecule has 0 saturated carbocycles. The van der Waals surface area contributed by atoms with Crippen molar-refractivity contribution in [1.29, 1.82) is 0 Å². The number of benzene rings is 2. The van der Waals surface area contributed by atoms with Crippen molar-refractivity contribution in [3.63, 3.8) is 0 Å². The number of nitrogens with zero attached hydrogens (tertiary/aromatic N) is 1. The third-order valence-corrected chi connectivity index (χ3v) is 3.53. The van der Waals surface area contributed by atoms with Gasteiger partial charge < -0.3 is 15.2 Å². The Morgan fingerprint density at radius 1 is 1.30 bits per heavy atom. The van der Waals surface area contributed by atoms with Crippen LogP contribution in [0.25, 0.3) is 0 Å². The maximum absolute atomic E-state index is 11.0. The summed E-state index contributed by atoms with van der Waals surface area (Å²) in [5, 5.41) is 24.3. The Hall–Kier alpha value is -2.44. The van der Waals surface area contributed by atoms with Gasteiger partial charge in [0.25, 0.3) is 0 Å². The molecule has 122 valence electrons. The second-order valence-corrected chi connectivity index (χ2v) is 5.32. The van der Waals surface area contributed by atoms with Gasteiger partial charge >= 0.3 is 5.69 Å². The van der Waals surface area contributed by atoms with Crippen LogP contribution in [0.5, 0.6) is 5.75 Å². The molecular formula is C17H20N2O4. The van der Waals surface area contributed by atoms with Crippen molar-refractivity contribution in [2.45, 2.75) is 19.6 Å². The van der Waals surface area contributed by atoms with E-state index in [0.717, 1.165) is 16.7 Å². The normalized spacial score (nSPS) is 12.0. The van der Waals surface area contributed by atoms with E-state index in [-0.39, 0.29) is 11.4 Å². The Morgan fingerprint density at radius 3 is 2.74 bits per heavy atom. The van der Waals surface area contributed by atoms with Gasteiger partial charge in [0.05, 0.1) is 18.1 Å². The van der Waals surface area contributed by atoms with Crippen LogP contribution in [0, 0.1) is 17.0 Å². The highest BCUT2D eigenvalue weighted by Gasteiger charge is 2.15. The van der Waals surface area contributed by atoms with E-state index in [4.69, 9.17) is 4.74 Å². The lowest BCUT2D eigenvalue weighted by molar-refractivity contribution is -0.385. The van der Waals surface area contributed by atoms with Gasteiger partial charge in [-0.2, -0.15) is 0 Å². The second-order valence-electron chi connectivity index (χ2n) is 5.32. The van der Waals surface area contributed by atoms with E-state index in [0.29, 0.717) is 13.1 Å². The van der Waals surface area contributed by atoms with Crippen LogP contribution in [0.4, 0.5) is 5.69 Å². The summed E-state index contributed by atoms with van der Waals surface area (Å²) in [5.74, 6) is 0.235. The standard InChI is InChI=1S/C17H20N2O4/c1-12-4-3-5-14(8-12)16(20)11-18-10-13-6-7-17(23-2)15(9-13)19(21)22/h3-9,16,18,20H,10-11H2,1-2H3. The summed E-state index contributed by atoms with van der Waals surface area (Å²) in [6.45, 7) is 2.76. The molecule has 1 atom stereocenters. The Morgan fingerprint density at radius 2 is 2.09 bits per heavy atom. The summed E-state index contributed by atoms with van der Waals surface area (Å²) >= 11 is 0. The molecular weight excluding hydrogens is 296 g/mol. The molecule has 0 heterocycles. The number of nitrogens with one attached hydrogen (secondary N) is 1. The van der Waals surface area contributed by atoms with Gasteiger partial charge in [-0.3, -0.25) is 10.1 Å². The fraction of sp³-hybridized carbons (Fsp3) is 0.294. The summed E-state index contributed by atoms with van der Waals surface area (Å²) in [6, 6.07) is 12.5. The summed E-state index contributed by atoms with van der Waals surface area (Å²) in [5.41, 5.74) is 2.63. The lowest BCUT2D eigenvalue weighted by Gasteiger charge is -2.13. The molecule has 0 saturated heterocycles. The van der Waals surface area contributed by atoms with Crippen LogP contribution in [-0.2, 0) is 6.54 Å². The molecule has 0 radical (unpaired) electrons. The topological polar surface area (TPSA) is 84.6 Å². The molecule has 6 heteroatoms. The van der Waals surface area contributed by atoms with Gasteiger partial charge in [0.15, 0.2) is 5.75 Å². The van der Waals surface area contributed by atoms with E-state index in [1.807, 2.05) is 31.2 Å². The molecule has 0 aliphatic rings. The maximum atomic E-state index is 11.0. The third-order valence-electron chi connectivity index (χ3n) is 3.53. The fourth-order valence-corrected chi connectivity index (χ4v) is 2.34. The van der Waals surface area contributed by atoms with E-state index >= 15 is 0 Å². The van der Waals surface area contributed by atoms with Crippen molar-refractivity contribution < 1.29 is 14.8 Å². The van der Waals surface area contributed by atoms with Gasteiger partial charge in [0, 0.05) is 19.2 Å². The predicted octanol–water partition coefficient (Wildman–Crippen LogP) is 2.74. The van der Waals surface area contributed by atoms with Crippen LogP contribution in [0.1, 0.15) is 22.8 Å². The van der Waals surface area contributed by atoms with Gasteiger partial charge in [-0.1, -0.05) is 35.9 Å². The molecule has 0 amide bonds. The largest absolute Gasteiger partial charge is 0.490 e. The molecule has 0 aliphatic carbocycles. The monoisotopic (exact) mass is 316 g/mol. The number of aryl methyl sites for hydroxylation is 1. The summed E-state index contributed by atoms with van der Waals surface area (Å²) < 4.78 is 4.97. The van der Waals surface area contributed by atoms with Crippen molar-refractivity contribution >= 4 is 5.69 Å². The Labute approximate surface area is 134 Å². The van der Waals surface area contributed by atoms with E-state index in [1.165, 1.54) is 13.2 Å². The van der Waals surface area contributed by atoms with Crippen molar-refractivity contribution in [2.24, 2.45) is 0 Å². The zero-order valence-corrected chi connectivity index (χ0v) is 13.2. The predicted molar refractivity (Wildman–Crippen MR) is 87.5 cm³/mol. The minimum absolute atomic E-state index is 0.0639. The Balaban J connectivity index is 1.96. The van der Waals surface area contributed by atoms with Crippen LogP contribution in [0.15, 0.2) is 42.5 Å². The highest BCUT2D eigenvalue weighted by atomic mass is 16.6. The van der Waals surface area contributed by atoms with Crippen LogP contribution in [-0.4, -0.2) is 23.7 Å². The summed E-state index contributed by atoms with van der Waals surface area (Å²) in [7, 11) is 1.40. The molecule has 2 N–H and O–H groups in total. The number of aliphatic hydroxyl groups is 1. The van der Waals surface area contributed by atoms with Crippen molar-refractivity contribution in [2.75, 3.05) is 13.7 Å². The lowest BCUT2D eigenvalue weighted by atomic mass is 10.1. The summed E-state index contributed by atoms with van der Waals surface area (Å²) in [4.78, 5) is 10.5. The number of nitro groups is 1. The number of nitro benzene ring substituents is 1. The first-order chi connectivity index (χ1) is 11.0. The van der Waals surface area contributed by atoms with E-state index < -0.39 is 11.0 Å². The van der Waals surface area contributed by atoms with Crippen LogP contribution < -0.4 is 10.1 Å². The first-order valence-electron chi connectivity index (χ1n) is 7.28. The number of aliphatic hydroxyl groups excluding tert-OH is 1. The van der Waals surface area contributed by atoms with Gasteiger partial charge in [0.1, 0.15) is 0 Å². The highest BCUT2D eigenvalue weighted by molar-refractivity contribution is 5.48. The zero-order chi connectivity index (χ0) is 16.8. The van der Waals surface area contributed by atoms with Crippen molar-refractivity contribution in [3.8, 4) is 5.75 Å². The molecule has 2 rings (SSSR count). The van der Waals surface area contributed by atoms with Gasteiger partial charge in [0.2, 0.25) is 0 Å². The molecule has 2 aromatic carbocycles. The number of hydrogen-bond acceptors (Lipinski definition) is 5. The van der Waals surface area contributed by atoms with E-state index in [2.05, 4.69) is 5.32 Å². The van der Waals surface area contributed by atoms with E-state index in [9.17, 15) is 15.2 Å². The van der Waals surface area contributed by atoms with Crippen LogP contribution in [0.3, 0.4) is 0 Å².